The Hall–Kier alpha value is -0.120. The van der Waals surface area contributed by atoms with Gasteiger partial charge in [0.05, 0.1) is 18.8 Å². The van der Waals surface area contributed by atoms with Gasteiger partial charge in [0.15, 0.2) is 0 Å². The first-order valence-electron chi connectivity index (χ1n) is 7.62. The zero-order chi connectivity index (χ0) is 13.2. The lowest BCUT2D eigenvalue weighted by Crippen LogP contribution is -2.27. The Labute approximate surface area is 113 Å². The van der Waals surface area contributed by atoms with Crippen LogP contribution in [0.25, 0.3) is 0 Å². The summed E-state index contributed by atoms with van der Waals surface area (Å²) in [7, 11) is 0. The van der Waals surface area contributed by atoms with Crippen LogP contribution in [0.1, 0.15) is 52.9 Å². The SMILES string of the molecule is CC(C)CNCCCC(C)OCC1CCCCO1. The molecule has 3 heteroatoms. The van der Waals surface area contributed by atoms with Crippen LogP contribution in [-0.2, 0) is 9.47 Å². The normalized spacial score (nSPS) is 22.3. The predicted octanol–water partition coefficient (Wildman–Crippen LogP) is 2.99. The Morgan fingerprint density at radius 2 is 2.11 bits per heavy atom. The third-order valence-electron chi connectivity index (χ3n) is 3.36. The Morgan fingerprint density at radius 1 is 1.28 bits per heavy atom. The summed E-state index contributed by atoms with van der Waals surface area (Å²) in [4.78, 5) is 0. The Bertz CT molecular complexity index is 191. The molecule has 18 heavy (non-hydrogen) atoms. The first kappa shape index (κ1) is 15.9. The average Bonchev–Trinajstić information content (AvgIpc) is 2.37. The fourth-order valence-corrected chi connectivity index (χ4v) is 2.20. The fraction of sp³-hybridized carbons (Fsp3) is 1.00. The lowest BCUT2D eigenvalue weighted by Gasteiger charge is -2.24. The van der Waals surface area contributed by atoms with Crippen LogP contribution in [0.4, 0.5) is 0 Å². The van der Waals surface area contributed by atoms with E-state index in [-0.39, 0.29) is 0 Å². The number of nitrogens with one attached hydrogen (secondary N) is 1. The summed E-state index contributed by atoms with van der Waals surface area (Å²) in [6.45, 7) is 10.6. The molecule has 1 saturated heterocycles. The van der Waals surface area contributed by atoms with Crippen molar-refractivity contribution in [2.45, 2.75) is 65.1 Å². The third kappa shape index (κ3) is 8.06. The molecule has 0 aromatic heterocycles. The number of ether oxygens (including phenoxy) is 2. The van der Waals surface area contributed by atoms with E-state index in [1.807, 2.05) is 0 Å². The quantitative estimate of drug-likeness (QED) is 0.644. The van der Waals surface area contributed by atoms with Gasteiger partial charge in [0, 0.05) is 6.61 Å². The van der Waals surface area contributed by atoms with Crippen LogP contribution in [0.15, 0.2) is 0 Å². The zero-order valence-corrected chi connectivity index (χ0v) is 12.4. The predicted molar refractivity (Wildman–Crippen MR) is 75.9 cm³/mol. The summed E-state index contributed by atoms with van der Waals surface area (Å²) in [5, 5.41) is 3.47. The highest BCUT2D eigenvalue weighted by atomic mass is 16.5. The molecule has 2 atom stereocenters. The Kier molecular flexibility index (Phi) is 8.64. The van der Waals surface area contributed by atoms with Crippen molar-refractivity contribution in [3.8, 4) is 0 Å². The van der Waals surface area contributed by atoms with E-state index in [9.17, 15) is 0 Å². The van der Waals surface area contributed by atoms with Crippen molar-refractivity contribution in [2.24, 2.45) is 5.92 Å². The molecule has 1 N–H and O–H groups in total. The smallest absolute Gasteiger partial charge is 0.0808 e. The van der Waals surface area contributed by atoms with Crippen molar-refractivity contribution in [3.05, 3.63) is 0 Å². The van der Waals surface area contributed by atoms with Gasteiger partial charge in [-0.2, -0.15) is 0 Å². The van der Waals surface area contributed by atoms with Crippen molar-refractivity contribution in [3.63, 3.8) is 0 Å². The highest BCUT2D eigenvalue weighted by Gasteiger charge is 2.15. The monoisotopic (exact) mass is 257 g/mol. The van der Waals surface area contributed by atoms with E-state index in [2.05, 4.69) is 26.1 Å². The van der Waals surface area contributed by atoms with Crippen LogP contribution in [0.2, 0.25) is 0 Å². The molecule has 0 amide bonds. The van der Waals surface area contributed by atoms with Crippen molar-refractivity contribution in [1.82, 2.24) is 5.32 Å². The van der Waals surface area contributed by atoms with Crippen LogP contribution >= 0.6 is 0 Å². The Morgan fingerprint density at radius 3 is 2.78 bits per heavy atom. The Balaban J connectivity index is 1.91. The highest BCUT2D eigenvalue weighted by Crippen LogP contribution is 2.14. The molecule has 3 nitrogen and oxygen atoms in total. The molecule has 0 saturated carbocycles. The minimum atomic E-state index is 0.347. The number of rotatable bonds is 9. The molecule has 0 aromatic rings. The van der Waals surface area contributed by atoms with Crippen molar-refractivity contribution >= 4 is 0 Å². The van der Waals surface area contributed by atoms with E-state index in [1.54, 1.807) is 0 Å². The standard InChI is InChI=1S/C15H31NO2/c1-13(2)11-16-9-6-7-14(3)18-12-15-8-4-5-10-17-15/h13-16H,4-12H2,1-3H3. The zero-order valence-electron chi connectivity index (χ0n) is 12.4. The maximum Gasteiger partial charge on any atom is 0.0808 e. The first-order chi connectivity index (χ1) is 8.68. The van der Waals surface area contributed by atoms with E-state index in [1.165, 1.54) is 25.7 Å². The average molecular weight is 257 g/mol. The van der Waals surface area contributed by atoms with Crippen molar-refractivity contribution in [1.29, 1.82) is 0 Å². The van der Waals surface area contributed by atoms with Crippen LogP contribution in [0.3, 0.4) is 0 Å². The third-order valence-corrected chi connectivity index (χ3v) is 3.36. The molecule has 0 bridgehead atoms. The van der Waals surface area contributed by atoms with Crippen LogP contribution in [0, 0.1) is 5.92 Å². The maximum atomic E-state index is 5.86. The summed E-state index contributed by atoms with van der Waals surface area (Å²) >= 11 is 0. The van der Waals surface area contributed by atoms with Gasteiger partial charge in [0.2, 0.25) is 0 Å². The highest BCUT2D eigenvalue weighted by molar-refractivity contribution is 4.64. The van der Waals surface area contributed by atoms with Gasteiger partial charge >= 0.3 is 0 Å². The topological polar surface area (TPSA) is 30.5 Å². The number of hydrogen-bond donors (Lipinski definition) is 1. The van der Waals surface area contributed by atoms with Gasteiger partial charge in [-0.15, -0.1) is 0 Å². The van der Waals surface area contributed by atoms with Crippen LogP contribution in [-0.4, -0.2) is 38.5 Å². The molecule has 0 radical (unpaired) electrons. The lowest BCUT2D eigenvalue weighted by atomic mass is 10.1. The van der Waals surface area contributed by atoms with Crippen LogP contribution < -0.4 is 5.32 Å². The van der Waals surface area contributed by atoms with Crippen LogP contribution in [0.5, 0.6) is 0 Å². The second-order valence-electron chi connectivity index (χ2n) is 5.87. The van der Waals surface area contributed by atoms with Gasteiger partial charge in [0.1, 0.15) is 0 Å². The summed E-state index contributed by atoms with van der Waals surface area (Å²) in [6, 6.07) is 0. The van der Waals surface area contributed by atoms with Gasteiger partial charge in [-0.3, -0.25) is 0 Å². The second-order valence-corrected chi connectivity index (χ2v) is 5.87. The molecule has 1 aliphatic heterocycles. The van der Waals surface area contributed by atoms with Gasteiger partial charge < -0.3 is 14.8 Å². The minimum absolute atomic E-state index is 0.347. The maximum absolute atomic E-state index is 5.86. The van der Waals surface area contributed by atoms with Gasteiger partial charge in [-0.05, 0) is 58.0 Å². The first-order valence-corrected chi connectivity index (χ1v) is 7.62. The summed E-state index contributed by atoms with van der Waals surface area (Å²) < 4.78 is 11.5. The van der Waals surface area contributed by atoms with Gasteiger partial charge in [-0.25, -0.2) is 0 Å². The molecular formula is C15H31NO2. The van der Waals surface area contributed by atoms with E-state index >= 15 is 0 Å². The molecule has 1 rings (SSSR count). The van der Waals surface area contributed by atoms with Gasteiger partial charge in [0.25, 0.3) is 0 Å². The van der Waals surface area contributed by atoms with E-state index in [0.29, 0.717) is 12.2 Å². The molecule has 0 aliphatic carbocycles. The van der Waals surface area contributed by atoms with Crippen molar-refractivity contribution < 1.29 is 9.47 Å². The lowest BCUT2D eigenvalue weighted by molar-refractivity contribution is -0.0606. The van der Waals surface area contributed by atoms with E-state index in [0.717, 1.165) is 38.6 Å². The van der Waals surface area contributed by atoms with E-state index in [4.69, 9.17) is 9.47 Å². The molecule has 0 aromatic carbocycles. The molecule has 1 heterocycles. The molecule has 1 fully saturated rings. The van der Waals surface area contributed by atoms with E-state index < -0.39 is 0 Å². The molecular weight excluding hydrogens is 226 g/mol. The molecule has 0 spiro atoms. The fourth-order valence-electron chi connectivity index (χ4n) is 2.20. The summed E-state index contributed by atoms with van der Waals surface area (Å²) in [5.74, 6) is 0.738. The number of hydrogen-bond acceptors (Lipinski definition) is 3. The molecule has 2 unspecified atom stereocenters. The minimum Gasteiger partial charge on any atom is -0.376 e. The summed E-state index contributed by atoms with van der Waals surface area (Å²) in [5.41, 5.74) is 0. The summed E-state index contributed by atoms with van der Waals surface area (Å²) in [6.07, 6.45) is 6.71. The second kappa shape index (κ2) is 9.76. The molecule has 108 valence electrons. The molecule has 1 aliphatic rings. The largest absolute Gasteiger partial charge is 0.376 e. The van der Waals surface area contributed by atoms with Crippen molar-refractivity contribution in [2.75, 3.05) is 26.3 Å². The van der Waals surface area contributed by atoms with Gasteiger partial charge in [-0.1, -0.05) is 13.8 Å².